The number of aromatic nitrogens is 3. The topological polar surface area (TPSA) is 103 Å². The first-order chi connectivity index (χ1) is 14.6. The van der Waals surface area contributed by atoms with Gasteiger partial charge in [-0.15, -0.1) is 0 Å². The molecule has 0 bridgehead atoms. The predicted molar refractivity (Wildman–Crippen MR) is 118 cm³/mol. The SMILES string of the molecule is C1CCOCC1.Cc1ccncc1-c1cc2cc(NC(=O)C3CC3)ncc2c(N)n1. The van der Waals surface area contributed by atoms with Crippen LogP contribution in [0.15, 0.2) is 36.8 Å². The van der Waals surface area contributed by atoms with Crippen LogP contribution in [-0.4, -0.2) is 34.1 Å². The first kappa shape index (κ1) is 20.2. The number of nitrogen functional groups attached to an aromatic ring is 1. The van der Waals surface area contributed by atoms with Crippen LogP contribution in [0.25, 0.3) is 22.0 Å². The second kappa shape index (κ2) is 9.17. The smallest absolute Gasteiger partial charge is 0.228 e. The Hall–Kier alpha value is -3.06. The zero-order chi connectivity index (χ0) is 20.9. The molecule has 1 saturated carbocycles. The predicted octanol–water partition coefficient (Wildman–Crippen LogP) is 4.12. The van der Waals surface area contributed by atoms with Gasteiger partial charge in [-0.3, -0.25) is 9.78 Å². The van der Waals surface area contributed by atoms with Gasteiger partial charge in [-0.05, 0) is 68.2 Å². The van der Waals surface area contributed by atoms with Gasteiger partial charge in [-0.2, -0.15) is 0 Å². The molecule has 5 rings (SSSR count). The Kier molecular flexibility index (Phi) is 6.18. The van der Waals surface area contributed by atoms with Gasteiger partial charge in [0.1, 0.15) is 11.6 Å². The highest BCUT2D eigenvalue weighted by Crippen LogP contribution is 2.31. The summed E-state index contributed by atoms with van der Waals surface area (Å²) in [6, 6.07) is 5.72. The number of carbonyl (C=O) groups excluding carboxylic acids is 1. The van der Waals surface area contributed by atoms with Crippen molar-refractivity contribution in [3.05, 3.63) is 42.4 Å². The normalized spacial score (nSPS) is 15.9. The Bertz CT molecular complexity index is 1030. The number of anilines is 2. The van der Waals surface area contributed by atoms with Crippen LogP contribution in [0.4, 0.5) is 11.6 Å². The van der Waals surface area contributed by atoms with E-state index >= 15 is 0 Å². The number of fused-ring (bicyclic) bond motifs is 1. The molecule has 3 aromatic heterocycles. The molecule has 3 N–H and O–H groups in total. The van der Waals surface area contributed by atoms with Crippen molar-refractivity contribution in [2.75, 3.05) is 24.3 Å². The quantitative estimate of drug-likeness (QED) is 0.679. The molecule has 1 saturated heterocycles. The maximum Gasteiger partial charge on any atom is 0.228 e. The van der Waals surface area contributed by atoms with Crippen molar-refractivity contribution in [2.24, 2.45) is 5.92 Å². The highest BCUT2D eigenvalue weighted by Gasteiger charge is 2.29. The summed E-state index contributed by atoms with van der Waals surface area (Å²) in [7, 11) is 0. The van der Waals surface area contributed by atoms with Gasteiger partial charge in [0, 0.05) is 48.7 Å². The molecule has 156 valence electrons. The summed E-state index contributed by atoms with van der Waals surface area (Å²) in [6.07, 6.45) is 11.0. The van der Waals surface area contributed by atoms with Gasteiger partial charge in [0.15, 0.2) is 0 Å². The number of nitrogens with zero attached hydrogens (tertiary/aromatic N) is 3. The molecule has 0 spiro atoms. The van der Waals surface area contributed by atoms with E-state index in [9.17, 15) is 4.79 Å². The fraction of sp³-hybridized carbons (Fsp3) is 0.391. The van der Waals surface area contributed by atoms with Crippen LogP contribution in [0.1, 0.15) is 37.7 Å². The Labute approximate surface area is 176 Å². The average Bonchev–Trinajstić information content (AvgIpc) is 3.61. The molecule has 3 aromatic rings. The van der Waals surface area contributed by atoms with Crippen LogP contribution in [0.3, 0.4) is 0 Å². The second-order valence-electron chi connectivity index (χ2n) is 7.81. The monoisotopic (exact) mass is 405 g/mol. The molecule has 4 heterocycles. The van der Waals surface area contributed by atoms with Gasteiger partial charge in [-0.1, -0.05) is 0 Å². The number of nitrogens with one attached hydrogen (secondary N) is 1. The minimum atomic E-state index is 0.0344. The number of hydrogen-bond donors (Lipinski definition) is 2. The summed E-state index contributed by atoms with van der Waals surface area (Å²) in [6.45, 7) is 4.01. The maximum atomic E-state index is 11.9. The lowest BCUT2D eigenvalue weighted by atomic mass is 10.1. The van der Waals surface area contributed by atoms with E-state index in [4.69, 9.17) is 10.5 Å². The molecule has 7 nitrogen and oxygen atoms in total. The molecule has 0 unspecified atom stereocenters. The van der Waals surface area contributed by atoms with Crippen LogP contribution in [-0.2, 0) is 9.53 Å². The van der Waals surface area contributed by atoms with Gasteiger partial charge in [0.2, 0.25) is 5.91 Å². The molecule has 1 aliphatic heterocycles. The van der Waals surface area contributed by atoms with Gasteiger partial charge in [0.05, 0.1) is 5.69 Å². The minimum Gasteiger partial charge on any atom is -0.383 e. The standard InChI is InChI=1S/C18H17N5O.C5H10O/c1-10-4-5-20-8-13(10)15-6-12-7-16(23-18(24)11-2-3-11)21-9-14(12)17(19)22-15;1-2-4-6-5-3-1/h4-9,11H,2-3H2,1H3,(H2,19,22)(H,21,23,24);1-5H2. The van der Waals surface area contributed by atoms with Crippen LogP contribution in [0.2, 0.25) is 0 Å². The summed E-state index contributed by atoms with van der Waals surface area (Å²) in [5.41, 5.74) is 8.87. The molecule has 0 aromatic carbocycles. The van der Waals surface area contributed by atoms with E-state index in [1.165, 1.54) is 19.3 Å². The Balaban J connectivity index is 0.000000313. The first-order valence-corrected chi connectivity index (χ1v) is 10.5. The number of hydrogen-bond acceptors (Lipinski definition) is 6. The maximum absolute atomic E-state index is 11.9. The van der Waals surface area contributed by atoms with Crippen molar-refractivity contribution in [1.82, 2.24) is 15.0 Å². The molecule has 0 radical (unpaired) electrons. The van der Waals surface area contributed by atoms with E-state index in [1.54, 1.807) is 18.6 Å². The number of nitrogens with two attached hydrogens (primary N) is 1. The van der Waals surface area contributed by atoms with E-state index in [0.717, 1.165) is 53.6 Å². The Morgan fingerprint density at radius 2 is 1.97 bits per heavy atom. The zero-order valence-corrected chi connectivity index (χ0v) is 17.2. The van der Waals surface area contributed by atoms with Crippen molar-refractivity contribution < 1.29 is 9.53 Å². The van der Waals surface area contributed by atoms with Crippen molar-refractivity contribution in [2.45, 2.75) is 39.0 Å². The van der Waals surface area contributed by atoms with Crippen molar-refractivity contribution >= 4 is 28.3 Å². The molecule has 30 heavy (non-hydrogen) atoms. The summed E-state index contributed by atoms with van der Waals surface area (Å²) in [4.78, 5) is 24.8. The van der Waals surface area contributed by atoms with Crippen LogP contribution >= 0.6 is 0 Å². The lowest BCUT2D eigenvalue weighted by Crippen LogP contribution is -2.14. The van der Waals surface area contributed by atoms with Crippen LogP contribution < -0.4 is 11.1 Å². The number of carbonyl (C=O) groups is 1. The van der Waals surface area contributed by atoms with Crippen LogP contribution in [0.5, 0.6) is 0 Å². The number of rotatable bonds is 3. The van der Waals surface area contributed by atoms with Crippen molar-refractivity contribution in [3.8, 4) is 11.3 Å². The molecule has 1 amide bonds. The molecule has 2 aliphatic rings. The third kappa shape index (κ3) is 4.91. The average molecular weight is 406 g/mol. The summed E-state index contributed by atoms with van der Waals surface area (Å²) in [5, 5.41) is 4.52. The van der Waals surface area contributed by atoms with E-state index in [2.05, 4.69) is 20.3 Å². The van der Waals surface area contributed by atoms with E-state index in [1.807, 2.05) is 25.1 Å². The first-order valence-electron chi connectivity index (χ1n) is 10.5. The van der Waals surface area contributed by atoms with Crippen LogP contribution in [0, 0.1) is 12.8 Å². The zero-order valence-electron chi connectivity index (χ0n) is 17.2. The van der Waals surface area contributed by atoms with E-state index < -0.39 is 0 Å². The molecule has 0 atom stereocenters. The van der Waals surface area contributed by atoms with E-state index in [0.29, 0.717) is 11.6 Å². The lowest BCUT2D eigenvalue weighted by molar-refractivity contribution is -0.117. The number of amides is 1. The largest absolute Gasteiger partial charge is 0.383 e. The Morgan fingerprint density at radius 1 is 1.17 bits per heavy atom. The number of aryl methyl sites for hydroxylation is 1. The van der Waals surface area contributed by atoms with E-state index in [-0.39, 0.29) is 11.8 Å². The van der Waals surface area contributed by atoms with Gasteiger partial charge in [-0.25, -0.2) is 9.97 Å². The molecular weight excluding hydrogens is 378 g/mol. The minimum absolute atomic E-state index is 0.0344. The number of ether oxygens (including phenoxy) is 1. The lowest BCUT2D eigenvalue weighted by Gasteiger charge is -2.10. The third-order valence-corrected chi connectivity index (χ3v) is 5.34. The summed E-state index contributed by atoms with van der Waals surface area (Å²) >= 11 is 0. The van der Waals surface area contributed by atoms with Gasteiger partial charge >= 0.3 is 0 Å². The summed E-state index contributed by atoms with van der Waals surface area (Å²) in [5.74, 6) is 1.13. The van der Waals surface area contributed by atoms with Gasteiger partial charge < -0.3 is 15.8 Å². The van der Waals surface area contributed by atoms with Crippen molar-refractivity contribution in [1.29, 1.82) is 0 Å². The highest BCUT2D eigenvalue weighted by molar-refractivity contribution is 5.98. The van der Waals surface area contributed by atoms with Gasteiger partial charge in [0.25, 0.3) is 0 Å². The molecule has 1 aliphatic carbocycles. The highest BCUT2D eigenvalue weighted by atomic mass is 16.5. The fourth-order valence-electron chi connectivity index (χ4n) is 3.37. The molecular formula is C23H27N5O2. The summed E-state index contributed by atoms with van der Waals surface area (Å²) < 4.78 is 5.07. The second-order valence-corrected chi connectivity index (χ2v) is 7.81. The molecule has 2 fully saturated rings. The molecule has 7 heteroatoms. The number of pyridine rings is 3. The fourth-order valence-corrected chi connectivity index (χ4v) is 3.37. The Morgan fingerprint density at radius 3 is 2.60 bits per heavy atom. The third-order valence-electron chi connectivity index (χ3n) is 5.34. The van der Waals surface area contributed by atoms with Crippen molar-refractivity contribution in [3.63, 3.8) is 0 Å².